The van der Waals surface area contributed by atoms with E-state index >= 15 is 0 Å². The van der Waals surface area contributed by atoms with Crippen molar-refractivity contribution in [2.75, 3.05) is 24.9 Å². The van der Waals surface area contributed by atoms with E-state index in [1.165, 1.54) is 6.07 Å². The monoisotopic (exact) mass is 508 g/mol. The molecule has 0 saturated heterocycles. The molecule has 1 unspecified atom stereocenters. The van der Waals surface area contributed by atoms with Crippen molar-refractivity contribution in [3.8, 4) is 0 Å². The van der Waals surface area contributed by atoms with Crippen LogP contribution in [0.15, 0.2) is 93.6 Å². The average Bonchev–Trinajstić information content (AvgIpc) is 2.90. The Balaban J connectivity index is 1.95. The van der Waals surface area contributed by atoms with E-state index < -0.39 is 23.4 Å². The van der Waals surface area contributed by atoms with Crippen LogP contribution in [0, 0.1) is 0 Å². The molecule has 186 valence electrons. The van der Waals surface area contributed by atoms with Gasteiger partial charge in [0, 0.05) is 17.2 Å². The van der Waals surface area contributed by atoms with Crippen LogP contribution in [0.1, 0.15) is 5.56 Å². The molecule has 3 amide bonds. The second-order valence-corrected chi connectivity index (χ2v) is 8.65. The summed E-state index contributed by atoms with van der Waals surface area (Å²) in [6.07, 6.45) is -1.78. The lowest BCUT2D eigenvalue weighted by molar-refractivity contribution is -0.115. The average molecular weight is 509 g/mol. The Hall–Kier alpha value is -4.35. The zero-order valence-corrected chi connectivity index (χ0v) is 20.3. The molecule has 0 heterocycles. The summed E-state index contributed by atoms with van der Waals surface area (Å²) in [4.78, 5) is 40.9. The van der Waals surface area contributed by atoms with Gasteiger partial charge in [-0.05, 0) is 29.8 Å². The van der Waals surface area contributed by atoms with Crippen molar-refractivity contribution in [3.63, 3.8) is 0 Å². The zero-order chi connectivity index (χ0) is 25.9. The van der Waals surface area contributed by atoms with E-state index in [2.05, 4.69) is 30.4 Å². The number of aliphatic imine (C=N–C) groups is 1. The highest BCUT2D eigenvalue weighted by molar-refractivity contribution is 7.91. The van der Waals surface area contributed by atoms with Crippen molar-refractivity contribution >= 4 is 46.6 Å². The number of benzene rings is 3. The lowest BCUT2D eigenvalue weighted by Crippen LogP contribution is -2.37. The first kappa shape index (κ1) is 26.3. The van der Waals surface area contributed by atoms with E-state index in [9.17, 15) is 18.9 Å². The van der Waals surface area contributed by atoms with E-state index in [-0.39, 0.29) is 24.0 Å². The van der Waals surface area contributed by atoms with E-state index in [1.807, 2.05) is 36.4 Å². The van der Waals surface area contributed by atoms with E-state index in [0.717, 1.165) is 19.8 Å². The molecule has 0 spiro atoms. The first-order chi connectivity index (χ1) is 17.4. The molecule has 10 nitrogen and oxygen atoms in total. The molecule has 0 radical (unpaired) electrons. The predicted octanol–water partition coefficient (Wildman–Crippen LogP) is 3.92. The molecule has 3 aromatic carbocycles. The number of nitrogens with zero attached hydrogens (tertiary/aromatic N) is 1. The van der Waals surface area contributed by atoms with Gasteiger partial charge < -0.3 is 24.7 Å². The maximum absolute atomic E-state index is 13.1. The van der Waals surface area contributed by atoms with Gasteiger partial charge in [0.25, 0.3) is 0 Å². The Morgan fingerprint density at radius 2 is 1.50 bits per heavy atom. The minimum atomic E-state index is -1.55. The van der Waals surface area contributed by atoms with Gasteiger partial charge in [0.15, 0.2) is 9.79 Å². The van der Waals surface area contributed by atoms with E-state index in [4.69, 9.17) is 0 Å². The summed E-state index contributed by atoms with van der Waals surface area (Å²) >= 11 is -1.55. The summed E-state index contributed by atoms with van der Waals surface area (Å²) in [5.41, 5.74) is 1.33. The molecule has 3 rings (SSSR count). The molecular formula is C25H24N4O6S. The Morgan fingerprint density at radius 3 is 2.14 bits per heavy atom. The highest BCUT2D eigenvalue weighted by Gasteiger charge is 2.19. The van der Waals surface area contributed by atoms with E-state index in [1.54, 1.807) is 36.4 Å². The maximum atomic E-state index is 13.1. The van der Waals surface area contributed by atoms with Gasteiger partial charge in [0.05, 0.1) is 32.0 Å². The molecule has 36 heavy (non-hydrogen) atoms. The summed E-state index contributed by atoms with van der Waals surface area (Å²) in [6, 6.07) is 22.7. The van der Waals surface area contributed by atoms with Crippen LogP contribution in [0.3, 0.4) is 0 Å². The van der Waals surface area contributed by atoms with Gasteiger partial charge in [-0.3, -0.25) is 10.1 Å². The molecule has 0 fully saturated rings. The largest absolute Gasteiger partial charge is 0.606 e. The second-order valence-electron chi connectivity index (χ2n) is 7.17. The van der Waals surface area contributed by atoms with Gasteiger partial charge >= 0.3 is 12.2 Å². The highest BCUT2D eigenvalue weighted by Crippen LogP contribution is 2.29. The fourth-order valence-corrected chi connectivity index (χ4v) is 4.10. The topological polar surface area (TPSA) is 141 Å². The molecular weight excluding hydrogens is 484 g/mol. The van der Waals surface area contributed by atoms with Gasteiger partial charge in [-0.25, -0.2) is 9.59 Å². The van der Waals surface area contributed by atoms with Crippen LogP contribution in [-0.4, -0.2) is 42.8 Å². The molecule has 0 aliphatic carbocycles. The Labute approximate surface area is 210 Å². The number of carbonyl (C=O) groups is 3. The number of alkyl carbamates (subject to hydrolysis) is 1. The minimum Gasteiger partial charge on any atom is -0.606 e. The van der Waals surface area contributed by atoms with Gasteiger partial charge in [-0.2, -0.15) is 0 Å². The zero-order valence-electron chi connectivity index (χ0n) is 19.5. The third-order valence-corrected chi connectivity index (χ3v) is 6.06. The number of hydrogen-bond acceptors (Lipinski definition) is 6. The molecule has 0 aromatic heterocycles. The number of methoxy groups -OCH3 is 2. The van der Waals surface area contributed by atoms with Gasteiger partial charge in [0.2, 0.25) is 11.9 Å². The molecule has 0 saturated carbocycles. The third-order valence-electron chi connectivity index (χ3n) is 4.68. The summed E-state index contributed by atoms with van der Waals surface area (Å²) < 4.78 is 22.2. The van der Waals surface area contributed by atoms with Gasteiger partial charge in [0.1, 0.15) is 0 Å². The van der Waals surface area contributed by atoms with Crippen molar-refractivity contribution in [1.82, 2.24) is 5.32 Å². The van der Waals surface area contributed by atoms with Gasteiger partial charge in [-0.15, -0.1) is 4.99 Å². The SMILES string of the molecule is COC(=O)/N=C(/NC(=O)OC)Nc1cc([S+]([O-])c2ccccc2)ccc1NC(=O)Cc1ccccc1. The third kappa shape index (κ3) is 7.58. The molecule has 3 aromatic rings. The van der Waals surface area contributed by atoms with Crippen molar-refractivity contribution in [3.05, 3.63) is 84.4 Å². The number of rotatable bonds is 6. The Morgan fingerprint density at radius 1 is 0.833 bits per heavy atom. The lowest BCUT2D eigenvalue weighted by Gasteiger charge is -2.17. The summed E-state index contributed by atoms with van der Waals surface area (Å²) in [5, 5.41) is 7.84. The molecule has 0 aliphatic rings. The Kier molecular flexibility index (Phi) is 9.43. The fourth-order valence-electron chi connectivity index (χ4n) is 3.01. The minimum absolute atomic E-state index is 0.113. The maximum Gasteiger partial charge on any atom is 0.436 e. The molecule has 0 aliphatic heterocycles. The van der Waals surface area contributed by atoms with Crippen molar-refractivity contribution in [2.45, 2.75) is 16.2 Å². The lowest BCUT2D eigenvalue weighted by atomic mass is 10.1. The number of hydrogen-bond donors (Lipinski definition) is 3. The highest BCUT2D eigenvalue weighted by atomic mass is 32.2. The molecule has 0 bridgehead atoms. The number of anilines is 2. The summed E-state index contributed by atoms with van der Waals surface area (Å²) in [7, 11) is 2.27. The standard InChI is InChI=1S/C25H24N4O6S/c1-34-24(31)28-23(29-25(32)35-2)27-21-16-19(36(33)18-11-7-4-8-12-18)13-14-20(21)26-22(30)15-17-9-5-3-6-10-17/h3-14,16H,15H2,1-2H3,(H,26,30)(H2,27,28,29,31,32). The number of carbonyl (C=O) groups excluding carboxylic acids is 3. The van der Waals surface area contributed by atoms with Crippen molar-refractivity contribution in [1.29, 1.82) is 0 Å². The number of guanidine groups is 1. The summed E-state index contributed by atoms with van der Waals surface area (Å²) in [6.45, 7) is 0. The first-order valence-corrected chi connectivity index (χ1v) is 11.8. The second kappa shape index (κ2) is 12.9. The number of nitrogens with one attached hydrogen (secondary N) is 3. The fraction of sp³-hybridized carbons (Fsp3) is 0.120. The first-order valence-electron chi connectivity index (χ1n) is 10.6. The molecule has 1 atom stereocenters. The van der Waals surface area contributed by atoms with Crippen LogP contribution in [0.25, 0.3) is 0 Å². The van der Waals surface area contributed by atoms with Crippen LogP contribution in [0.2, 0.25) is 0 Å². The van der Waals surface area contributed by atoms with Crippen LogP contribution < -0.4 is 16.0 Å². The van der Waals surface area contributed by atoms with E-state index in [0.29, 0.717) is 15.5 Å². The van der Waals surface area contributed by atoms with Crippen molar-refractivity contribution < 1.29 is 28.4 Å². The van der Waals surface area contributed by atoms with Crippen LogP contribution in [0.5, 0.6) is 0 Å². The summed E-state index contributed by atoms with van der Waals surface area (Å²) in [5.74, 6) is -0.636. The molecule has 11 heteroatoms. The van der Waals surface area contributed by atoms with Crippen LogP contribution in [0.4, 0.5) is 21.0 Å². The normalized spacial score (nSPS) is 11.7. The Bertz CT molecular complexity index is 1240. The number of amides is 3. The quantitative estimate of drug-likeness (QED) is 0.260. The number of ether oxygens (including phenoxy) is 2. The smallest absolute Gasteiger partial charge is 0.436 e. The molecule has 3 N–H and O–H groups in total. The van der Waals surface area contributed by atoms with Crippen molar-refractivity contribution in [2.24, 2.45) is 4.99 Å². The van der Waals surface area contributed by atoms with Crippen LogP contribution >= 0.6 is 0 Å². The van der Waals surface area contributed by atoms with Crippen LogP contribution in [-0.2, 0) is 31.9 Å². The van der Waals surface area contributed by atoms with Gasteiger partial charge in [-0.1, -0.05) is 48.5 Å². The predicted molar refractivity (Wildman–Crippen MR) is 135 cm³/mol.